The standard InChI is InChI=1S/C20H19ClFNO5/c1-12(24)27-8-4-5-9-28-18-11-17(16(22)10-15(18)21)23-19(25)13-6-2-3-7-14(13)20(23)26/h10-11,13-14H,2-3,6-9H2,1H3. The average molecular weight is 408 g/mol. The highest BCUT2D eigenvalue weighted by molar-refractivity contribution is 6.32. The number of carbonyl (C=O) groups excluding carboxylic acids is 3. The van der Waals surface area contributed by atoms with Gasteiger partial charge in [0, 0.05) is 13.0 Å². The summed E-state index contributed by atoms with van der Waals surface area (Å²) in [6.45, 7) is 1.12. The molecule has 8 heteroatoms. The molecule has 0 spiro atoms. The quantitative estimate of drug-likeness (QED) is 0.435. The molecule has 2 unspecified atom stereocenters. The van der Waals surface area contributed by atoms with Crippen LogP contribution in [0.25, 0.3) is 0 Å². The van der Waals surface area contributed by atoms with Crippen molar-refractivity contribution in [1.82, 2.24) is 0 Å². The van der Waals surface area contributed by atoms with Gasteiger partial charge in [-0.1, -0.05) is 36.3 Å². The van der Waals surface area contributed by atoms with Gasteiger partial charge < -0.3 is 9.47 Å². The highest BCUT2D eigenvalue weighted by Gasteiger charge is 2.49. The van der Waals surface area contributed by atoms with E-state index in [0.717, 1.165) is 23.8 Å². The van der Waals surface area contributed by atoms with Crippen molar-refractivity contribution in [2.45, 2.75) is 32.6 Å². The number of ether oxygens (including phenoxy) is 2. The molecule has 3 rings (SSSR count). The molecule has 0 aromatic heterocycles. The monoisotopic (exact) mass is 407 g/mol. The molecule has 1 saturated heterocycles. The SMILES string of the molecule is CC(=O)OCC#CCOc1cc(N2C(=O)C3CCCCC3C2=O)c(F)cc1Cl. The van der Waals surface area contributed by atoms with Gasteiger partial charge in [0.15, 0.2) is 6.61 Å². The van der Waals surface area contributed by atoms with E-state index in [2.05, 4.69) is 16.6 Å². The Kier molecular flexibility index (Phi) is 6.20. The lowest BCUT2D eigenvalue weighted by Gasteiger charge is -2.19. The van der Waals surface area contributed by atoms with Crippen LogP contribution in [-0.2, 0) is 19.1 Å². The number of halogens is 2. The first-order valence-electron chi connectivity index (χ1n) is 8.99. The number of esters is 1. The lowest BCUT2D eigenvalue weighted by molar-refractivity contribution is -0.139. The van der Waals surface area contributed by atoms with E-state index in [0.29, 0.717) is 12.8 Å². The Morgan fingerprint density at radius 1 is 1.18 bits per heavy atom. The van der Waals surface area contributed by atoms with Gasteiger partial charge in [-0.05, 0) is 18.9 Å². The summed E-state index contributed by atoms with van der Waals surface area (Å²) in [6.07, 6.45) is 3.06. The molecule has 6 nitrogen and oxygen atoms in total. The van der Waals surface area contributed by atoms with Crippen LogP contribution in [0.1, 0.15) is 32.6 Å². The summed E-state index contributed by atoms with van der Waals surface area (Å²) in [4.78, 5) is 36.9. The predicted molar refractivity (Wildman–Crippen MR) is 99.3 cm³/mol. The molecule has 2 amide bonds. The normalized spacial score (nSPS) is 21.0. The molecule has 2 aliphatic rings. The Balaban J connectivity index is 1.77. The largest absolute Gasteiger partial charge is 0.479 e. The minimum Gasteiger partial charge on any atom is -0.479 e. The first-order chi connectivity index (χ1) is 13.4. The molecule has 0 radical (unpaired) electrons. The zero-order chi connectivity index (χ0) is 20.3. The average Bonchev–Trinajstić information content (AvgIpc) is 2.91. The molecule has 148 valence electrons. The lowest BCUT2D eigenvalue weighted by Crippen LogP contribution is -2.31. The van der Waals surface area contributed by atoms with Gasteiger partial charge in [0.25, 0.3) is 0 Å². The van der Waals surface area contributed by atoms with Crippen molar-refractivity contribution in [1.29, 1.82) is 0 Å². The second-order valence-electron chi connectivity index (χ2n) is 6.67. The topological polar surface area (TPSA) is 72.9 Å². The molecule has 1 heterocycles. The van der Waals surface area contributed by atoms with Crippen molar-refractivity contribution in [2.24, 2.45) is 11.8 Å². The first kappa shape index (κ1) is 20.2. The van der Waals surface area contributed by atoms with E-state index >= 15 is 0 Å². The van der Waals surface area contributed by atoms with Crippen molar-refractivity contribution in [3.8, 4) is 17.6 Å². The van der Waals surface area contributed by atoms with Crippen LogP contribution in [0, 0.1) is 29.5 Å². The maximum Gasteiger partial charge on any atom is 0.303 e. The van der Waals surface area contributed by atoms with Gasteiger partial charge in [-0.2, -0.15) is 0 Å². The van der Waals surface area contributed by atoms with E-state index in [1.54, 1.807) is 0 Å². The second-order valence-corrected chi connectivity index (χ2v) is 7.07. The van der Waals surface area contributed by atoms with Crippen LogP contribution >= 0.6 is 11.6 Å². The molecule has 0 N–H and O–H groups in total. The van der Waals surface area contributed by atoms with E-state index in [-0.39, 0.29) is 53.3 Å². The van der Waals surface area contributed by atoms with Crippen molar-refractivity contribution in [3.05, 3.63) is 23.0 Å². The predicted octanol–water partition coefficient (Wildman–Crippen LogP) is 3.10. The van der Waals surface area contributed by atoms with Crippen LogP contribution in [-0.4, -0.2) is 31.0 Å². The number of hydrogen-bond donors (Lipinski definition) is 0. The van der Waals surface area contributed by atoms with E-state index in [1.807, 2.05) is 0 Å². The summed E-state index contributed by atoms with van der Waals surface area (Å²) >= 11 is 6.01. The number of carbonyl (C=O) groups is 3. The van der Waals surface area contributed by atoms with Crippen molar-refractivity contribution < 1.29 is 28.2 Å². The third kappa shape index (κ3) is 4.12. The molecule has 1 aliphatic heterocycles. The van der Waals surface area contributed by atoms with Crippen LogP contribution in [0.5, 0.6) is 5.75 Å². The van der Waals surface area contributed by atoms with Crippen molar-refractivity contribution in [2.75, 3.05) is 18.1 Å². The number of fused-ring (bicyclic) bond motifs is 1. The number of imide groups is 1. The van der Waals surface area contributed by atoms with E-state index in [1.165, 1.54) is 13.0 Å². The van der Waals surface area contributed by atoms with Gasteiger partial charge in [-0.25, -0.2) is 9.29 Å². The molecule has 1 aromatic rings. The van der Waals surface area contributed by atoms with Gasteiger partial charge in [0.2, 0.25) is 11.8 Å². The van der Waals surface area contributed by atoms with Gasteiger partial charge in [-0.3, -0.25) is 14.4 Å². The molecule has 28 heavy (non-hydrogen) atoms. The zero-order valence-electron chi connectivity index (χ0n) is 15.3. The molecular formula is C20H19ClFNO5. The number of amides is 2. The van der Waals surface area contributed by atoms with Crippen LogP contribution in [0.2, 0.25) is 5.02 Å². The van der Waals surface area contributed by atoms with Gasteiger partial charge in [0.1, 0.15) is 18.2 Å². The number of hydrogen-bond acceptors (Lipinski definition) is 5. The van der Waals surface area contributed by atoms with Crippen molar-refractivity contribution in [3.63, 3.8) is 0 Å². The highest BCUT2D eigenvalue weighted by atomic mass is 35.5. The fraction of sp³-hybridized carbons (Fsp3) is 0.450. The molecule has 0 bridgehead atoms. The Morgan fingerprint density at radius 2 is 1.79 bits per heavy atom. The van der Waals surface area contributed by atoms with Crippen LogP contribution < -0.4 is 9.64 Å². The summed E-state index contributed by atoms with van der Waals surface area (Å²) in [5.41, 5.74) is -0.156. The third-order valence-electron chi connectivity index (χ3n) is 4.86. The summed E-state index contributed by atoms with van der Waals surface area (Å²) < 4.78 is 24.6. The maximum absolute atomic E-state index is 14.5. The molecule has 2 atom stereocenters. The van der Waals surface area contributed by atoms with Crippen LogP contribution in [0.4, 0.5) is 10.1 Å². The Labute approximate surface area is 166 Å². The number of nitrogens with zero attached hydrogens (tertiary/aromatic N) is 1. The zero-order valence-corrected chi connectivity index (χ0v) is 16.1. The molecular weight excluding hydrogens is 389 g/mol. The van der Waals surface area contributed by atoms with E-state index < -0.39 is 11.8 Å². The molecule has 1 saturated carbocycles. The number of rotatable bonds is 4. The Bertz CT molecular complexity index is 851. The third-order valence-corrected chi connectivity index (χ3v) is 5.15. The Morgan fingerprint density at radius 3 is 2.39 bits per heavy atom. The molecule has 1 aromatic carbocycles. The van der Waals surface area contributed by atoms with Gasteiger partial charge in [-0.15, -0.1) is 0 Å². The Hall–Kier alpha value is -2.59. The van der Waals surface area contributed by atoms with Gasteiger partial charge >= 0.3 is 5.97 Å². The van der Waals surface area contributed by atoms with Crippen molar-refractivity contribution >= 4 is 35.1 Å². The summed E-state index contributed by atoms with van der Waals surface area (Å²) in [5.74, 6) is 2.60. The number of benzene rings is 1. The van der Waals surface area contributed by atoms with Crippen LogP contribution in [0.15, 0.2) is 12.1 Å². The molecule has 1 aliphatic carbocycles. The number of anilines is 1. The van der Waals surface area contributed by atoms with E-state index in [9.17, 15) is 18.8 Å². The summed E-state index contributed by atoms with van der Waals surface area (Å²) in [5, 5.41) is -0.000419. The minimum atomic E-state index is -0.765. The van der Waals surface area contributed by atoms with E-state index in [4.69, 9.17) is 16.3 Å². The fourth-order valence-corrected chi connectivity index (χ4v) is 3.76. The van der Waals surface area contributed by atoms with Crippen LogP contribution in [0.3, 0.4) is 0 Å². The summed E-state index contributed by atoms with van der Waals surface area (Å²) in [6, 6.07) is 2.26. The smallest absolute Gasteiger partial charge is 0.303 e. The molecule has 2 fully saturated rings. The maximum atomic E-state index is 14.5. The summed E-state index contributed by atoms with van der Waals surface area (Å²) in [7, 11) is 0. The fourth-order valence-electron chi connectivity index (χ4n) is 3.55. The highest BCUT2D eigenvalue weighted by Crippen LogP contribution is 2.42. The first-order valence-corrected chi connectivity index (χ1v) is 9.36. The second kappa shape index (κ2) is 8.61. The van der Waals surface area contributed by atoms with Gasteiger partial charge in [0.05, 0.1) is 22.5 Å². The lowest BCUT2D eigenvalue weighted by atomic mass is 9.81. The minimum absolute atomic E-state index is 0.000419.